The van der Waals surface area contributed by atoms with Crippen LogP contribution in [-0.4, -0.2) is 8.42 Å². The molecule has 2 rings (SSSR count). The van der Waals surface area contributed by atoms with Gasteiger partial charge in [0.25, 0.3) is 0 Å². The molecule has 0 unspecified atom stereocenters. The fraction of sp³-hybridized carbons (Fsp3) is 0.143. The van der Waals surface area contributed by atoms with Crippen LogP contribution >= 0.6 is 22.6 Å². The highest BCUT2D eigenvalue weighted by Crippen LogP contribution is 2.17. The summed E-state index contributed by atoms with van der Waals surface area (Å²) in [5.41, 5.74) is 0.941. The maximum atomic E-state index is 12.2. The normalized spacial score (nSPS) is 13.2. The van der Waals surface area contributed by atoms with E-state index in [-0.39, 0.29) is 10.9 Å². The summed E-state index contributed by atoms with van der Waals surface area (Å²) in [5.74, 6) is 0. The Morgan fingerprint density at radius 3 is 2.16 bits per heavy atom. The predicted octanol–water partition coefficient (Wildman–Crippen LogP) is 3.33. The Balaban J connectivity index is 2.20. The molecule has 0 aliphatic carbocycles. The van der Waals surface area contributed by atoms with Crippen LogP contribution in [0, 0.1) is 3.57 Å². The third kappa shape index (κ3) is 3.77. The second kappa shape index (κ2) is 6.02. The quantitative estimate of drug-likeness (QED) is 0.819. The van der Waals surface area contributed by atoms with Crippen molar-refractivity contribution in [2.45, 2.75) is 17.9 Å². The highest BCUT2D eigenvalue weighted by atomic mass is 127. The van der Waals surface area contributed by atoms with Crippen LogP contribution in [0.3, 0.4) is 0 Å². The molecule has 0 radical (unpaired) electrons. The molecule has 0 bridgehead atoms. The molecule has 2 aromatic rings. The zero-order valence-electron chi connectivity index (χ0n) is 10.4. The molecular weight excluding hydrogens is 373 g/mol. The highest BCUT2D eigenvalue weighted by molar-refractivity contribution is 14.1. The Bertz CT molecular complexity index is 639. The van der Waals surface area contributed by atoms with Gasteiger partial charge >= 0.3 is 0 Å². The van der Waals surface area contributed by atoms with Crippen LogP contribution in [0.4, 0.5) is 0 Å². The molecule has 0 saturated heterocycles. The minimum absolute atomic E-state index is 0.259. The SMILES string of the molecule is C[C@H](NS(=O)(=O)c1ccc(I)cc1)c1ccccc1. The molecule has 1 N–H and O–H groups in total. The van der Waals surface area contributed by atoms with Gasteiger partial charge in [0, 0.05) is 9.61 Å². The largest absolute Gasteiger partial charge is 0.241 e. The number of nitrogens with one attached hydrogen (secondary N) is 1. The predicted molar refractivity (Wildman–Crippen MR) is 84.3 cm³/mol. The molecule has 3 nitrogen and oxygen atoms in total. The summed E-state index contributed by atoms with van der Waals surface area (Å²) in [7, 11) is -3.48. The molecule has 0 spiro atoms. The highest BCUT2D eigenvalue weighted by Gasteiger charge is 2.17. The number of sulfonamides is 1. The van der Waals surface area contributed by atoms with E-state index in [1.807, 2.05) is 37.3 Å². The average molecular weight is 387 g/mol. The number of hydrogen-bond acceptors (Lipinski definition) is 2. The van der Waals surface area contributed by atoms with Crippen molar-refractivity contribution < 1.29 is 8.42 Å². The molecule has 0 aliphatic rings. The van der Waals surface area contributed by atoms with E-state index >= 15 is 0 Å². The third-order valence-corrected chi connectivity index (χ3v) is 5.03. The average Bonchev–Trinajstić information content (AvgIpc) is 2.40. The van der Waals surface area contributed by atoms with Crippen molar-refractivity contribution in [2.75, 3.05) is 0 Å². The molecule has 2 aromatic carbocycles. The maximum absolute atomic E-state index is 12.2. The molecule has 0 heterocycles. The Kier molecular flexibility index (Phi) is 4.59. The fourth-order valence-electron chi connectivity index (χ4n) is 1.72. The van der Waals surface area contributed by atoms with Crippen LogP contribution in [0.15, 0.2) is 59.5 Å². The first-order valence-electron chi connectivity index (χ1n) is 5.82. The van der Waals surface area contributed by atoms with Gasteiger partial charge < -0.3 is 0 Å². The van der Waals surface area contributed by atoms with Crippen molar-refractivity contribution in [3.8, 4) is 0 Å². The van der Waals surface area contributed by atoms with Gasteiger partial charge in [-0.25, -0.2) is 13.1 Å². The van der Waals surface area contributed by atoms with E-state index in [9.17, 15) is 8.42 Å². The van der Waals surface area contributed by atoms with Crippen molar-refractivity contribution in [1.29, 1.82) is 0 Å². The zero-order chi connectivity index (χ0) is 13.9. The van der Waals surface area contributed by atoms with Gasteiger partial charge in [0.15, 0.2) is 0 Å². The van der Waals surface area contributed by atoms with Gasteiger partial charge in [-0.05, 0) is 59.3 Å². The molecule has 100 valence electrons. The molecule has 0 fully saturated rings. The summed E-state index contributed by atoms with van der Waals surface area (Å²) in [5, 5.41) is 0. The lowest BCUT2D eigenvalue weighted by molar-refractivity contribution is 0.567. The standard InChI is InChI=1S/C14H14INO2S/c1-11(12-5-3-2-4-6-12)16-19(17,18)14-9-7-13(15)8-10-14/h2-11,16H,1H3/t11-/m0/s1. The summed E-state index contributed by atoms with van der Waals surface area (Å²) in [6.07, 6.45) is 0. The van der Waals surface area contributed by atoms with Crippen LogP contribution in [0.25, 0.3) is 0 Å². The molecule has 0 amide bonds. The summed E-state index contributed by atoms with van der Waals surface area (Å²) in [6.45, 7) is 1.83. The molecule has 0 aromatic heterocycles. The second-order valence-electron chi connectivity index (χ2n) is 4.21. The van der Waals surface area contributed by atoms with E-state index in [1.54, 1.807) is 24.3 Å². The van der Waals surface area contributed by atoms with Gasteiger partial charge in [-0.2, -0.15) is 0 Å². The van der Waals surface area contributed by atoms with E-state index < -0.39 is 10.0 Å². The molecule has 0 aliphatic heterocycles. The van der Waals surface area contributed by atoms with Crippen LogP contribution in [0.5, 0.6) is 0 Å². The van der Waals surface area contributed by atoms with E-state index in [0.717, 1.165) is 9.13 Å². The first-order valence-corrected chi connectivity index (χ1v) is 8.38. The molecule has 5 heteroatoms. The molecule has 19 heavy (non-hydrogen) atoms. The molecule has 0 saturated carbocycles. The van der Waals surface area contributed by atoms with Crippen LogP contribution in [0.1, 0.15) is 18.5 Å². The fourth-order valence-corrected chi connectivity index (χ4v) is 3.32. The number of hydrogen-bond donors (Lipinski definition) is 1. The van der Waals surface area contributed by atoms with Crippen LogP contribution < -0.4 is 4.72 Å². The molecular formula is C14H14INO2S. The van der Waals surface area contributed by atoms with E-state index in [1.165, 1.54) is 0 Å². The maximum Gasteiger partial charge on any atom is 0.241 e. The monoisotopic (exact) mass is 387 g/mol. The van der Waals surface area contributed by atoms with Crippen molar-refractivity contribution in [3.63, 3.8) is 0 Å². The summed E-state index contributed by atoms with van der Waals surface area (Å²) < 4.78 is 28.1. The first-order chi connectivity index (χ1) is 8.99. The van der Waals surface area contributed by atoms with Crippen LogP contribution in [-0.2, 0) is 10.0 Å². The minimum Gasteiger partial charge on any atom is -0.207 e. The van der Waals surface area contributed by atoms with Gasteiger partial charge in [0.2, 0.25) is 10.0 Å². The van der Waals surface area contributed by atoms with Gasteiger partial charge in [-0.1, -0.05) is 30.3 Å². The van der Waals surface area contributed by atoms with Crippen molar-refractivity contribution in [2.24, 2.45) is 0 Å². The third-order valence-electron chi connectivity index (χ3n) is 2.76. The van der Waals surface area contributed by atoms with Gasteiger partial charge in [-0.3, -0.25) is 0 Å². The summed E-state index contributed by atoms with van der Waals surface area (Å²) in [6, 6.07) is 16.0. The lowest BCUT2D eigenvalue weighted by Crippen LogP contribution is -2.26. The van der Waals surface area contributed by atoms with E-state index in [0.29, 0.717) is 0 Å². The topological polar surface area (TPSA) is 46.2 Å². The minimum atomic E-state index is -3.48. The van der Waals surface area contributed by atoms with E-state index in [4.69, 9.17) is 0 Å². The Morgan fingerprint density at radius 1 is 1.00 bits per heavy atom. The van der Waals surface area contributed by atoms with Crippen molar-refractivity contribution >= 4 is 32.6 Å². The van der Waals surface area contributed by atoms with Gasteiger partial charge in [-0.15, -0.1) is 0 Å². The smallest absolute Gasteiger partial charge is 0.207 e. The molecule has 1 atom stereocenters. The van der Waals surface area contributed by atoms with Gasteiger partial charge in [0.1, 0.15) is 0 Å². The van der Waals surface area contributed by atoms with Gasteiger partial charge in [0.05, 0.1) is 4.90 Å². The number of rotatable bonds is 4. The Morgan fingerprint density at radius 2 is 1.58 bits per heavy atom. The Labute approximate surface area is 127 Å². The van der Waals surface area contributed by atoms with Crippen molar-refractivity contribution in [1.82, 2.24) is 4.72 Å². The van der Waals surface area contributed by atoms with Crippen molar-refractivity contribution in [3.05, 3.63) is 63.7 Å². The Hall–Kier alpha value is -0.920. The number of halogens is 1. The second-order valence-corrected chi connectivity index (χ2v) is 7.17. The lowest BCUT2D eigenvalue weighted by Gasteiger charge is -2.14. The van der Waals surface area contributed by atoms with E-state index in [2.05, 4.69) is 27.3 Å². The lowest BCUT2D eigenvalue weighted by atomic mass is 10.1. The zero-order valence-corrected chi connectivity index (χ0v) is 13.4. The summed E-state index contributed by atoms with van der Waals surface area (Å²) >= 11 is 2.14. The number of benzene rings is 2. The summed E-state index contributed by atoms with van der Waals surface area (Å²) in [4.78, 5) is 0.288. The van der Waals surface area contributed by atoms with Crippen LogP contribution in [0.2, 0.25) is 0 Å². The first kappa shape index (κ1) is 14.5.